The second kappa shape index (κ2) is 9.11. The van der Waals surface area contributed by atoms with Crippen LogP contribution in [0.25, 0.3) is 37.9 Å². The molecular weight excluding hydrogens is 408 g/mol. The van der Waals surface area contributed by atoms with Gasteiger partial charge in [-0.25, -0.2) is 0 Å². The molecule has 0 saturated carbocycles. The van der Waals surface area contributed by atoms with E-state index in [-0.39, 0.29) is 0 Å². The molecule has 1 aliphatic carbocycles. The molecule has 0 saturated heterocycles. The Bertz CT molecular complexity index is 1520. The molecule has 0 fully saturated rings. The van der Waals surface area contributed by atoms with Crippen LogP contribution in [-0.4, -0.2) is 0 Å². The Balaban J connectivity index is 1.95. The molecule has 0 nitrogen and oxygen atoms in total. The van der Waals surface area contributed by atoms with E-state index in [0.29, 0.717) is 5.92 Å². The molecule has 0 N–H and O–H groups in total. The first-order chi connectivity index (χ1) is 16.6. The molecule has 0 aromatic heterocycles. The molecular formula is C34H34. The van der Waals surface area contributed by atoms with Crippen molar-refractivity contribution in [3.63, 3.8) is 0 Å². The van der Waals surface area contributed by atoms with Gasteiger partial charge in [0.1, 0.15) is 0 Å². The van der Waals surface area contributed by atoms with Gasteiger partial charge in [0.15, 0.2) is 0 Å². The van der Waals surface area contributed by atoms with Crippen molar-refractivity contribution >= 4 is 37.9 Å². The van der Waals surface area contributed by atoms with Crippen molar-refractivity contribution in [1.29, 1.82) is 0 Å². The number of aryl methyl sites for hydroxylation is 2. The van der Waals surface area contributed by atoms with Crippen LogP contribution in [-0.2, 0) is 0 Å². The van der Waals surface area contributed by atoms with E-state index in [1.54, 1.807) is 5.57 Å². The van der Waals surface area contributed by atoms with Gasteiger partial charge in [-0.2, -0.15) is 0 Å². The van der Waals surface area contributed by atoms with E-state index in [1.165, 1.54) is 66.6 Å². The lowest BCUT2D eigenvalue weighted by molar-refractivity contribution is 0.884. The van der Waals surface area contributed by atoms with Crippen LogP contribution in [0.5, 0.6) is 0 Å². The molecule has 0 spiro atoms. The average molecular weight is 443 g/mol. The van der Waals surface area contributed by atoms with E-state index in [9.17, 15) is 0 Å². The van der Waals surface area contributed by atoms with Gasteiger partial charge >= 0.3 is 0 Å². The van der Waals surface area contributed by atoms with Crippen molar-refractivity contribution in [2.75, 3.05) is 0 Å². The number of rotatable bonds is 5. The third-order valence-electron chi connectivity index (χ3n) is 7.59. The largest absolute Gasteiger partial charge is 0.102 e. The van der Waals surface area contributed by atoms with Gasteiger partial charge in [-0.05, 0) is 92.8 Å². The zero-order valence-corrected chi connectivity index (χ0v) is 20.9. The van der Waals surface area contributed by atoms with Gasteiger partial charge in [-0.3, -0.25) is 0 Å². The molecule has 0 heteroatoms. The summed E-state index contributed by atoms with van der Waals surface area (Å²) in [4.78, 5) is 0. The van der Waals surface area contributed by atoms with Crippen LogP contribution >= 0.6 is 0 Å². The SMILES string of the molecule is C=C[C@H](C)c1cccc2c3ccc(C4=C(CCC)CC=CC=C4)c(C)c3c3cccc(C)c3c12. The zero-order valence-electron chi connectivity index (χ0n) is 20.9. The van der Waals surface area contributed by atoms with E-state index in [0.717, 1.165) is 12.8 Å². The fourth-order valence-electron chi connectivity index (χ4n) is 5.85. The molecule has 4 aromatic carbocycles. The highest BCUT2D eigenvalue weighted by Gasteiger charge is 2.19. The number of hydrogen-bond donors (Lipinski definition) is 0. The van der Waals surface area contributed by atoms with Crippen LogP contribution in [0.4, 0.5) is 0 Å². The molecule has 34 heavy (non-hydrogen) atoms. The van der Waals surface area contributed by atoms with Crippen molar-refractivity contribution in [1.82, 2.24) is 0 Å². The highest BCUT2D eigenvalue weighted by atomic mass is 14.2. The van der Waals surface area contributed by atoms with Crippen molar-refractivity contribution in [3.05, 3.63) is 113 Å². The molecule has 0 aliphatic heterocycles. The van der Waals surface area contributed by atoms with Gasteiger partial charge in [-0.1, -0.05) is 105 Å². The van der Waals surface area contributed by atoms with E-state index >= 15 is 0 Å². The first kappa shape index (κ1) is 22.4. The Kier molecular flexibility index (Phi) is 6.00. The second-order valence-corrected chi connectivity index (χ2v) is 9.71. The second-order valence-electron chi connectivity index (χ2n) is 9.71. The molecule has 0 heterocycles. The van der Waals surface area contributed by atoms with Gasteiger partial charge in [0.05, 0.1) is 0 Å². The number of fused-ring (bicyclic) bond motifs is 6. The third kappa shape index (κ3) is 3.53. The Hall–Kier alpha value is -3.38. The van der Waals surface area contributed by atoms with Gasteiger partial charge < -0.3 is 0 Å². The first-order valence-electron chi connectivity index (χ1n) is 12.6. The fourth-order valence-corrected chi connectivity index (χ4v) is 5.85. The summed E-state index contributed by atoms with van der Waals surface area (Å²) in [5, 5.41) is 8.21. The van der Waals surface area contributed by atoms with Crippen LogP contribution in [0.15, 0.2) is 91.1 Å². The summed E-state index contributed by atoms with van der Waals surface area (Å²) in [7, 11) is 0. The maximum absolute atomic E-state index is 4.10. The molecule has 0 bridgehead atoms. The van der Waals surface area contributed by atoms with Crippen LogP contribution < -0.4 is 0 Å². The minimum Gasteiger partial charge on any atom is -0.102 e. The monoisotopic (exact) mass is 442 g/mol. The van der Waals surface area contributed by atoms with E-state index in [4.69, 9.17) is 0 Å². The number of hydrogen-bond acceptors (Lipinski definition) is 0. The lowest BCUT2D eigenvalue weighted by Crippen LogP contribution is -1.98. The number of allylic oxidation sites excluding steroid dienone is 7. The van der Waals surface area contributed by atoms with E-state index in [2.05, 4.69) is 113 Å². The topological polar surface area (TPSA) is 0 Å². The molecule has 170 valence electrons. The molecule has 5 rings (SSSR count). The minimum atomic E-state index is 0.301. The standard InChI is InChI=1S/C34H34/c1-6-13-25-15-9-8-10-16-28(25)27-20-21-30-29-18-12-17-26(22(3)7-2)34(29)32-23(4)14-11-19-31(32)33(30)24(27)5/h7-12,14,16-22H,2,6,13,15H2,1,3-5H3/t22-/m0/s1. The van der Waals surface area contributed by atoms with Gasteiger partial charge in [0.25, 0.3) is 0 Å². The molecule has 0 amide bonds. The maximum atomic E-state index is 4.10. The molecule has 1 aliphatic rings. The highest BCUT2D eigenvalue weighted by molar-refractivity contribution is 6.28. The summed E-state index contributed by atoms with van der Waals surface area (Å²) >= 11 is 0. The van der Waals surface area contributed by atoms with Gasteiger partial charge in [-0.15, -0.1) is 6.58 Å². The van der Waals surface area contributed by atoms with E-state index < -0.39 is 0 Å². The van der Waals surface area contributed by atoms with Crippen LogP contribution in [0.3, 0.4) is 0 Å². The van der Waals surface area contributed by atoms with Crippen molar-refractivity contribution < 1.29 is 0 Å². The van der Waals surface area contributed by atoms with Crippen molar-refractivity contribution in [3.8, 4) is 0 Å². The van der Waals surface area contributed by atoms with Gasteiger partial charge in [0.2, 0.25) is 0 Å². The molecule has 0 radical (unpaired) electrons. The van der Waals surface area contributed by atoms with E-state index in [1.807, 2.05) is 0 Å². The Morgan fingerprint density at radius 1 is 0.882 bits per heavy atom. The minimum absolute atomic E-state index is 0.301. The predicted octanol–water partition coefficient (Wildman–Crippen LogP) is 10.1. The molecule has 1 atom stereocenters. The summed E-state index contributed by atoms with van der Waals surface area (Å²) in [5.74, 6) is 0.301. The molecule has 0 unspecified atom stereocenters. The van der Waals surface area contributed by atoms with Crippen molar-refractivity contribution in [2.24, 2.45) is 0 Å². The van der Waals surface area contributed by atoms with Crippen molar-refractivity contribution in [2.45, 2.75) is 52.9 Å². The summed E-state index contributed by atoms with van der Waals surface area (Å²) in [6, 6.07) is 18.3. The normalized spacial score (nSPS) is 14.8. The predicted molar refractivity (Wildman–Crippen MR) is 152 cm³/mol. The lowest BCUT2D eigenvalue weighted by Gasteiger charge is -2.21. The maximum Gasteiger partial charge on any atom is -0.000674 e. The smallest absolute Gasteiger partial charge is 0.000674 e. The highest BCUT2D eigenvalue weighted by Crippen LogP contribution is 2.43. The summed E-state index contributed by atoms with van der Waals surface area (Å²) in [6.07, 6.45) is 14.4. The average Bonchev–Trinajstić information content (AvgIpc) is 3.09. The first-order valence-corrected chi connectivity index (χ1v) is 12.6. The summed E-state index contributed by atoms with van der Waals surface area (Å²) in [6.45, 7) is 13.2. The lowest BCUT2D eigenvalue weighted by atomic mass is 9.83. The van der Waals surface area contributed by atoms with Gasteiger partial charge in [0, 0.05) is 0 Å². The zero-order chi connectivity index (χ0) is 23.8. The quantitative estimate of drug-likeness (QED) is 0.213. The third-order valence-corrected chi connectivity index (χ3v) is 7.59. The number of benzene rings is 4. The van der Waals surface area contributed by atoms with Crippen LogP contribution in [0.2, 0.25) is 0 Å². The van der Waals surface area contributed by atoms with Crippen LogP contribution in [0.1, 0.15) is 61.3 Å². The Morgan fingerprint density at radius 2 is 1.65 bits per heavy atom. The Labute approximate surface area is 204 Å². The Morgan fingerprint density at radius 3 is 2.44 bits per heavy atom. The molecule has 4 aromatic rings. The summed E-state index contributed by atoms with van der Waals surface area (Å²) in [5.41, 5.74) is 8.39. The fraction of sp³-hybridized carbons (Fsp3) is 0.235. The summed E-state index contributed by atoms with van der Waals surface area (Å²) < 4.78 is 0. The van der Waals surface area contributed by atoms with Crippen LogP contribution in [0, 0.1) is 13.8 Å².